The molecule has 0 bridgehead atoms. The Hall–Kier alpha value is -2.21. The highest BCUT2D eigenvalue weighted by atomic mass is 32.2. The average Bonchev–Trinajstić information content (AvgIpc) is 2.54. The number of sulfonamides is 1. The van der Waals surface area contributed by atoms with E-state index in [0.29, 0.717) is 30.4 Å². The van der Waals surface area contributed by atoms with Crippen LogP contribution in [0.1, 0.15) is 12.5 Å². The number of aryl methyl sites for hydroxylation is 1. The summed E-state index contributed by atoms with van der Waals surface area (Å²) in [7, 11) is -3.66. The molecule has 0 atom stereocenters. The molecule has 0 saturated carbocycles. The molecule has 0 unspecified atom stereocenters. The monoisotopic (exact) mass is 319 g/mol. The first-order chi connectivity index (χ1) is 10.6. The van der Waals surface area contributed by atoms with Crippen molar-refractivity contribution >= 4 is 15.7 Å². The van der Waals surface area contributed by atoms with Crippen LogP contribution in [0.4, 0.5) is 5.69 Å². The van der Waals surface area contributed by atoms with E-state index < -0.39 is 10.0 Å². The van der Waals surface area contributed by atoms with E-state index in [4.69, 9.17) is 9.47 Å². The van der Waals surface area contributed by atoms with Crippen LogP contribution < -0.4 is 14.2 Å². The second-order valence-corrected chi connectivity index (χ2v) is 6.60. The van der Waals surface area contributed by atoms with E-state index in [1.807, 2.05) is 19.1 Å². The van der Waals surface area contributed by atoms with Crippen molar-refractivity contribution in [2.75, 3.05) is 17.9 Å². The molecule has 0 aliphatic carbocycles. The van der Waals surface area contributed by atoms with Gasteiger partial charge in [0.05, 0.1) is 10.6 Å². The largest absolute Gasteiger partial charge is 0.486 e. The van der Waals surface area contributed by atoms with Crippen LogP contribution in [0.2, 0.25) is 0 Å². The third-order valence-corrected chi connectivity index (χ3v) is 4.83. The number of para-hydroxylation sites is 1. The zero-order valence-electron chi connectivity index (χ0n) is 12.2. The fraction of sp³-hybridized carbons (Fsp3) is 0.250. The Morgan fingerprint density at radius 1 is 1.05 bits per heavy atom. The SMILES string of the molecule is CCc1ccccc1NS(=O)(=O)c1ccc2c(c1)OCCO2. The summed E-state index contributed by atoms with van der Waals surface area (Å²) in [6, 6.07) is 12.0. The molecule has 116 valence electrons. The number of hydrogen-bond donors (Lipinski definition) is 1. The second kappa shape index (κ2) is 5.88. The van der Waals surface area contributed by atoms with Gasteiger partial charge in [0.2, 0.25) is 0 Å². The van der Waals surface area contributed by atoms with E-state index >= 15 is 0 Å². The molecule has 1 N–H and O–H groups in total. The summed E-state index contributed by atoms with van der Waals surface area (Å²) >= 11 is 0. The van der Waals surface area contributed by atoms with Crippen molar-refractivity contribution < 1.29 is 17.9 Å². The molecule has 0 fully saturated rings. The Bertz CT molecular complexity index is 786. The fourth-order valence-corrected chi connectivity index (χ4v) is 3.44. The van der Waals surface area contributed by atoms with Crippen LogP contribution in [0.15, 0.2) is 47.4 Å². The van der Waals surface area contributed by atoms with Crippen LogP contribution in [0.5, 0.6) is 11.5 Å². The van der Waals surface area contributed by atoms with Crippen molar-refractivity contribution in [1.29, 1.82) is 0 Å². The van der Waals surface area contributed by atoms with Gasteiger partial charge >= 0.3 is 0 Å². The number of fused-ring (bicyclic) bond motifs is 1. The van der Waals surface area contributed by atoms with Gasteiger partial charge in [-0.25, -0.2) is 8.42 Å². The van der Waals surface area contributed by atoms with Gasteiger partial charge in [0, 0.05) is 6.07 Å². The number of anilines is 1. The normalized spacial score (nSPS) is 13.7. The van der Waals surface area contributed by atoms with Gasteiger partial charge in [-0.05, 0) is 30.2 Å². The standard InChI is InChI=1S/C16H17NO4S/c1-2-12-5-3-4-6-14(12)17-22(18,19)13-7-8-15-16(11-13)21-10-9-20-15/h3-8,11,17H,2,9-10H2,1H3. The first-order valence-corrected chi connectivity index (χ1v) is 8.59. The highest BCUT2D eigenvalue weighted by Crippen LogP contribution is 2.33. The quantitative estimate of drug-likeness (QED) is 0.941. The number of hydrogen-bond acceptors (Lipinski definition) is 4. The molecule has 0 saturated heterocycles. The van der Waals surface area contributed by atoms with Gasteiger partial charge < -0.3 is 9.47 Å². The molecule has 0 amide bonds. The molecule has 2 aromatic rings. The maximum atomic E-state index is 12.5. The van der Waals surface area contributed by atoms with E-state index in [1.165, 1.54) is 12.1 Å². The third kappa shape index (κ3) is 2.87. The Morgan fingerprint density at radius 3 is 2.55 bits per heavy atom. The molecule has 1 heterocycles. The van der Waals surface area contributed by atoms with Crippen LogP contribution in [0.3, 0.4) is 0 Å². The Morgan fingerprint density at radius 2 is 1.77 bits per heavy atom. The second-order valence-electron chi connectivity index (χ2n) is 4.92. The van der Waals surface area contributed by atoms with Gasteiger partial charge in [-0.1, -0.05) is 25.1 Å². The van der Waals surface area contributed by atoms with Crippen LogP contribution in [-0.2, 0) is 16.4 Å². The summed E-state index contributed by atoms with van der Waals surface area (Å²) in [4.78, 5) is 0.155. The summed E-state index contributed by atoms with van der Waals surface area (Å²) in [5.41, 5.74) is 1.54. The molecular weight excluding hydrogens is 302 g/mol. The maximum absolute atomic E-state index is 12.5. The lowest BCUT2D eigenvalue weighted by atomic mass is 10.1. The molecule has 3 rings (SSSR count). The predicted molar refractivity (Wildman–Crippen MR) is 84.1 cm³/mol. The van der Waals surface area contributed by atoms with Crippen molar-refractivity contribution in [3.8, 4) is 11.5 Å². The van der Waals surface area contributed by atoms with E-state index in [1.54, 1.807) is 18.2 Å². The zero-order chi connectivity index (χ0) is 15.6. The minimum Gasteiger partial charge on any atom is -0.486 e. The Labute approximate surface area is 129 Å². The number of ether oxygens (including phenoxy) is 2. The van der Waals surface area contributed by atoms with Crippen LogP contribution in [0, 0.1) is 0 Å². The number of nitrogens with one attached hydrogen (secondary N) is 1. The molecule has 1 aliphatic rings. The summed E-state index contributed by atoms with van der Waals surface area (Å²) in [5.74, 6) is 1.03. The lowest BCUT2D eigenvalue weighted by Crippen LogP contribution is -2.17. The van der Waals surface area contributed by atoms with Crippen molar-refractivity contribution in [3.05, 3.63) is 48.0 Å². The lowest BCUT2D eigenvalue weighted by Gasteiger charge is -2.19. The van der Waals surface area contributed by atoms with Crippen LogP contribution in [0.25, 0.3) is 0 Å². The molecule has 5 nitrogen and oxygen atoms in total. The number of benzene rings is 2. The summed E-state index contributed by atoms with van der Waals surface area (Å²) < 4.78 is 38.6. The van der Waals surface area contributed by atoms with E-state index in [0.717, 1.165) is 12.0 Å². The average molecular weight is 319 g/mol. The molecule has 0 spiro atoms. The van der Waals surface area contributed by atoms with E-state index in [9.17, 15) is 8.42 Å². The number of rotatable bonds is 4. The molecule has 1 aliphatic heterocycles. The van der Waals surface area contributed by atoms with Crippen LogP contribution >= 0.6 is 0 Å². The minimum atomic E-state index is -3.66. The first kappa shape index (κ1) is 14.7. The smallest absolute Gasteiger partial charge is 0.262 e. The fourth-order valence-electron chi connectivity index (χ4n) is 2.32. The molecule has 22 heavy (non-hydrogen) atoms. The highest BCUT2D eigenvalue weighted by molar-refractivity contribution is 7.92. The molecular formula is C16H17NO4S. The van der Waals surface area contributed by atoms with Gasteiger partial charge in [-0.2, -0.15) is 0 Å². The highest BCUT2D eigenvalue weighted by Gasteiger charge is 2.20. The third-order valence-electron chi connectivity index (χ3n) is 3.47. The molecule has 0 aromatic heterocycles. The lowest BCUT2D eigenvalue weighted by molar-refractivity contribution is 0.171. The first-order valence-electron chi connectivity index (χ1n) is 7.10. The summed E-state index contributed by atoms with van der Waals surface area (Å²) in [6.45, 7) is 2.88. The molecule has 0 radical (unpaired) electrons. The van der Waals surface area contributed by atoms with Crippen LogP contribution in [-0.4, -0.2) is 21.6 Å². The van der Waals surface area contributed by atoms with Crippen molar-refractivity contribution in [2.45, 2.75) is 18.2 Å². The maximum Gasteiger partial charge on any atom is 0.262 e. The molecule has 6 heteroatoms. The van der Waals surface area contributed by atoms with Crippen molar-refractivity contribution in [2.24, 2.45) is 0 Å². The van der Waals surface area contributed by atoms with Crippen molar-refractivity contribution in [1.82, 2.24) is 0 Å². The molecule has 2 aromatic carbocycles. The van der Waals surface area contributed by atoms with Gasteiger partial charge in [-0.15, -0.1) is 0 Å². The van der Waals surface area contributed by atoms with Gasteiger partial charge in [0.1, 0.15) is 13.2 Å². The van der Waals surface area contributed by atoms with Gasteiger partial charge in [-0.3, -0.25) is 4.72 Å². The topological polar surface area (TPSA) is 64.6 Å². The zero-order valence-corrected chi connectivity index (χ0v) is 13.0. The summed E-state index contributed by atoms with van der Waals surface area (Å²) in [5, 5.41) is 0. The Kier molecular flexibility index (Phi) is 3.94. The van der Waals surface area contributed by atoms with Gasteiger partial charge in [0.25, 0.3) is 10.0 Å². The predicted octanol–water partition coefficient (Wildman–Crippen LogP) is 2.82. The van der Waals surface area contributed by atoms with E-state index in [2.05, 4.69) is 4.72 Å². The minimum absolute atomic E-state index is 0.155. The van der Waals surface area contributed by atoms with E-state index in [-0.39, 0.29) is 4.90 Å². The summed E-state index contributed by atoms with van der Waals surface area (Å²) in [6.07, 6.45) is 0.750. The van der Waals surface area contributed by atoms with Crippen molar-refractivity contribution in [3.63, 3.8) is 0 Å². The van der Waals surface area contributed by atoms with Gasteiger partial charge in [0.15, 0.2) is 11.5 Å². The Balaban J connectivity index is 1.93.